The molecule has 0 amide bonds. The second-order valence-corrected chi connectivity index (χ2v) is 17.1. The molecule has 4 atom stereocenters. The van der Waals surface area contributed by atoms with E-state index < -0.39 is 19.8 Å². The van der Waals surface area contributed by atoms with Crippen molar-refractivity contribution in [1.82, 2.24) is 0 Å². The molecule has 0 spiro atoms. The molecule has 0 bridgehead atoms. The molecule has 0 saturated carbocycles. The van der Waals surface area contributed by atoms with Crippen LogP contribution in [-0.2, 0) is 14.0 Å². The minimum Gasteiger partial charge on any atom is -0.465 e. The van der Waals surface area contributed by atoms with Crippen LogP contribution in [0.2, 0.25) is 18.1 Å². The lowest BCUT2D eigenvalue weighted by Crippen LogP contribution is -2.50. The summed E-state index contributed by atoms with van der Waals surface area (Å²) in [5.74, 6) is 0.274. The number of ether oxygens (including phenoxy) is 1. The van der Waals surface area contributed by atoms with Crippen molar-refractivity contribution in [2.75, 3.05) is 12.4 Å². The van der Waals surface area contributed by atoms with E-state index >= 15 is 0 Å². The molecule has 1 aromatic carbocycles. The van der Waals surface area contributed by atoms with Crippen LogP contribution in [0.15, 0.2) is 35.2 Å². The van der Waals surface area contributed by atoms with Gasteiger partial charge in [-0.3, -0.25) is 4.79 Å². The monoisotopic (exact) mass is 468 g/mol. The Hall–Kier alpha value is -0.823. The zero-order valence-electron chi connectivity index (χ0n) is 21.2. The molecule has 6 heteroatoms. The van der Waals surface area contributed by atoms with Crippen molar-refractivity contribution in [3.8, 4) is 0 Å². The van der Waals surface area contributed by atoms with Gasteiger partial charge in [-0.15, -0.1) is 11.8 Å². The number of hydrogen-bond donors (Lipinski definition) is 1. The lowest BCUT2D eigenvalue weighted by Gasteiger charge is -2.43. The molecular weight excluding hydrogens is 424 g/mol. The Morgan fingerprint density at radius 1 is 1.06 bits per heavy atom. The highest BCUT2D eigenvalue weighted by Crippen LogP contribution is 2.40. The smallest absolute Gasteiger partial charge is 0.311 e. The molecule has 31 heavy (non-hydrogen) atoms. The zero-order valence-corrected chi connectivity index (χ0v) is 23.0. The molecule has 0 aromatic heterocycles. The van der Waals surface area contributed by atoms with E-state index in [2.05, 4.69) is 59.8 Å². The summed E-state index contributed by atoms with van der Waals surface area (Å²) in [6, 6.07) is 10.1. The third-order valence-corrected chi connectivity index (χ3v) is 11.8. The summed E-state index contributed by atoms with van der Waals surface area (Å²) < 4.78 is 12.4. The molecule has 0 fully saturated rings. The van der Waals surface area contributed by atoms with Gasteiger partial charge in [0.05, 0.1) is 24.2 Å². The van der Waals surface area contributed by atoms with E-state index in [4.69, 9.17) is 9.16 Å². The molecule has 0 saturated heterocycles. The second-order valence-electron chi connectivity index (χ2n) is 11.2. The maximum Gasteiger partial charge on any atom is 0.311 e. The molecule has 1 rings (SSSR count). The molecule has 1 aromatic rings. The maximum atomic E-state index is 12.3. The van der Waals surface area contributed by atoms with Crippen LogP contribution >= 0.6 is 11.8 Å². The van der Waals surface area contributed by atoms with Crippen LogP contribution in [0.4, 0.5) is 0 Å². The molecule has 0 aliphatic carbocycles. The van der Waals surface area contributed by atoms with Gasteiger partial charge in [0.25, 0.3) is 0 Å². The van der Waals surface area contributed by atoms with Gasteiger partial charge in [0, 0.05) is 22.5 Å². The van der Waals surface area contributed by atoms with Crippen molar-refractivity contribution in [2.24, 2.45) is 17.3 Å². The summed E-state index contributed by atoms with van der Waals surface area (Å²) in [6.45, 7) is 21.1. The number of benzene rings is 1. The van der Waals surface area contributed by atoms with Gasteiger partial charge in [0.2, 0.25) is 0 Å². The number of aliphatic hydroxyl groups is 1. The quantitative estimate of drug-likeness (QED) is 0.245. The van der Waals surface area contributed by atoms with Gasteiger partial charge in [-0.25, -0.2) is 0 Å². The fraction of sp³-hybridized carbons (Fsp3) is 0.720. The highest BCUT2D eigenvalue weighted by molar-refractivity contribution is 7.99. The Balaban J connectivity index is 2.95. The average Bonchev–Trinajstić information content (AvgIpc) is 2.66. The molecule has 0 radical (unpaired) electrons. The van der Waals surface area contributed by atoms with E-state index in [0.29, 0.717) is 5.75 Å². The first kappa shape index (κ1) is 28.2. The van der Waals surface area contributed by atoms with Crippen molar-refractivity contribution < 1.29 is 19.1 Å². The predicted molar refractivity (Wildman–Crippen MR) is 134 cm³/mol. The van der Waals surface area contributed by atoms with Crippen molar-refractivity contribution in [1.29, 1.82) is 0 Å². The highest BCUT2D eigenvalue weighted by atomic mass is 32.2. The summed E-state index contributed by atoms with van der Waals surface area (Å²) in [7, 11) is -2.08. The van der Waals surface area contributed by atoms with Crippen LogP contribution in [0, 0.1) is 17.3 Å². The molecule has 4 nitrogen and oxygen atoms in total. The van der Waals surface area contributed by atoms with E-state index in [0.717, 1.165) is 4.90 Å². The largest absolute Gasteiger partial charge is 0.465 e. The number of thioether (sulfide) groups is 1. The van der Waals surface area contributed by atoms with Gasteiger partial charge in [0.15, 0.2) is 8.32 Å². The molecule has 0 unspecified atom stereocenters. The van der Waals surface area contributed by atoms with Crippen LogP contribution in [0.3, 0.4) is 0 Å². The number of carbonyl (C=O) groups excluding carboxylic acids is 1. The minimum atomic E-state index is -2.08. The van der Waals surface area contributed by atoms with Crippen LogP contribution in [0.25, 0.3) is 0 Å². The first-order valence-corrected chi connectivity index (χ1v) is 15.2. The maximum absolute atomic E-state index is 12.3. The predicted octanol–water partition coefficient (Wildman–Crippen LogP) is 6.39. The Kier molecular flexibility index (Phi) is 10.3. The topological polar surface area (TPSA) is 55.8 Å². The number of esters is 1. The van der Waals surface area contributed by atoms with E-state index in [1.807, 2.05) is 39.0 Å². The fourth-order valence-corrected chi connectivity index (χ4v) is 5.34. The first-order valence-electron chi connectivity index (χ1n) is 11.3. The molecular formula is C25H44O4SSi. The zero-order chi connectivity index (χ0) is 24.0. The average molecular weight is 469 g/mol. The molecule has 0 heterocycles. The van der Waals surface area contributed by atoms with Gasteiger partial charge in [-0.05, 0) is 51.0 Å². The fourth-order valence-electron chi connectivity index (χ4n) is 2.85. The molecule has 0 aliphatic heterocycles. The number of carbonyl (C=O) groups is 1. The lowest BCUT2D eigenvalue weighted by molar-refractivity contribution is -0.155. The summed E-state index contributed by atoms with van der Waals surface area (Å²) in [5, 5.41) is 11.1. The summed E-state index contributed by atoms with van der Waals surface area (Å²) in [6.07, 6.45) is -0.722. The van der Waals surface area contributed by atoms with Gasteiger partial charge in [-0.2, -0.15) is 0 Å². The molecule has 1 N–H and O–H groups in total. The van der Waals surface area contributed by atoms with Crippen molar-refractivity contribution in [2.45, 2.75) is 90.6 Å². The van der Waals surface area contributed by atoms with Crippen molar-refractivity contribution in [3.05, 3.63) is 30.3 Å². The minimum absolute atomic E-state index is 0.0215. The van der Waals surface area contributed by atoms with Gasteiger partial charge in [0.1, 0.15) is 0 Å². The molecule has 0 aliphatic rings. The Bertz CT molecular complexity index is 679. The lowest BCUT2D eigenvalue weighted by atomic mass is 9.90. The van der Waals surface area contributed by atoms with Gasteiger partial charge >= 0.3 is 5.97 Å². The SMILES string of the molecule is C[C@H]([C@H](O[Si](C)(C)C(C)(C)C)[C@@H](C)COC(=O)C(C)(C)C)[C@@H](O)CSc1ccccc1. The van der Waals surface area contributed by atoms with Crippen LogP contribution in [-0.4, -0.2) is 44.0 Å². The van der Waals surface area contributed by atoms with Crippen molar-refractivity contribution in [3.63, 3.8) is 0 Å². The van der Waals surface area contributed by atoms with Gasteiger partial charge in [-0.1, -0.05) is 52.8 Å². The Morgan fingerprint density at radius 3 is 2.10 bits per heavy atom. The Morgan fingerprint density at radius 2 is 1.61 bits per heavy atom. The highest BCUT2D eigenvalue weighted by Gasteiger charge is 2.42. The normalized spacial score (nSPS) is 17.0. The van der Waals surface area contributed by atoms with E-state index in [-0.39, 0.29) is 35.6 Å². The second kappa shape index (κ2) is 11.3. The summed E-state index contributed by atoms with van der Waals surface area (Å²) in [4.78, 5) is 13.4. The third kappa shape index (κ3) is 8.91. The standard InChI is InChI=1S/C25H44O4SSi/c1-18(16-28-23(27)24(3,4)5)22(29-31(9,10)25(6,7)8)19(2)21(26)17-30-20-14-12-11-13-15-20/h11-15,18-19,21-22,26H,16-17H2,1-10H3/t18-,19-,21-,22+/m0/s1. The van der Waals surface area contributed by atoms with E-state index in [9.17, 15) is 9.90 Å². The molecule has 178 valence electrons. The van der Waals surface area contributed by atoms with Crippen LogP contribution in [0.1, 0.15) is 55.4 Å². The Labute approximate surface area is 195 Å². The number of aliphatic hydroxyl groups excluding tert-OH is 1. The van der Waals surface area contributed by atoms with E-state index in [1.165, 1.54) is 0 Å². The van der Waals surface area contributed by atoms with Crippen LogP contribution in [0.5, 0.6) is 0 Å². The van der Waals surface area contributed by atoms with Crippen molar-refractivity contribution >= 4 is 26.0 Å². The van der Waals surface area contributed by atoms with Gasteiger partial charge < -0.3 is 14.3 Å². The van der Waals surface area contributed by atoms with E-state index in [1.54, 1.807) is 11.8 Å². The van der Waals surface area contributed by atoms with Crippen LogP contribution < -0.4 is 0 Å². The third-order valence-electron chi connectivity index (χ3n) is 6.18. The summed E-state index contributed by atoms with van der Waals surface area (Å²) >= 11 is 1.65. The number of hydrogen-bond acceptors (Lipinski definition) is 5. The number of rotatable bonds is 10. The first-order chi connectivity index (χ1) is 14.1. The summed E-state index contributed by atoms with van der Waals surface area (Å²) in [5.41, 5.74) is -0.535.